The number of rotatable bonds is 8. The Morgan fingerprint density at radius 3 is 2.62 bits per heavy atom. The van der Waals surface area contributed by atoms with Gasteiger partial charge in [-0.15, -0.1) is 0 Å². The minimum atomic E-state index is -3.72. The molecule has 118 valence electrons. The molecule has 0 fully saturated rings. The van der Waals surface area contributed by atoms with E-state index in [-0.39, 0.29) is 10.5 Å². The summed E-state index contributed by atoms with van der Waals surface area (Å²) in [4.78, 5) is 11.0. The van der Waals surface area contributed by atoms with Crippen molar-refractivity contribution < 1.29 is 18.3 Å². The summed E-state index contributed by atoms with van der Waals surface area (Å²) < 4.78 is 27.4. The Morgan fingerprint density at radius 2 is 2.05 bits per heavy atom. The summed E-state index contributed by atoms with van der Waals surface area (Å²) in [7, 11) is -3.72. The van der Waals surface area contributed by atoms with E-state index < -0.39 is 16.0 Å². The lowest BCUT2D eigenvalue weighted by Crippen LogP contribution is -2.25. The van der Waals surface area contributed by atoms with E-state index in [2.05, 4.69) is 20.7 Å². The number of hydrogen-bond donors (Lipinski definition) is 2. The third-order valence-electron chi connectivity index (χ3n) is 2.82. The lowest BCUT2D eigenvalue weighted by molar-refractivity contribution is 0.0696. The Morgan fingerprint density at radius 1 is 1.38 bits per heavy atom. The highest BCUT2D eigenvalue weighted by atomic mass is 79.9. The van der Waals surface area contributed by atoms with Crippen LogP contribution in [-0.4, -0.2) is 38.0 Å². The van der Waals surface area contributed by atoms with E-state index in [4.69, 9.17) is 5.11 Å². The van der Waals surface area contributed by atoms with E-state index in [0.717, 1.165) is 18.6 Å². The molecule has 2 N–H and O–H groups in total. The first-order valence-electron chi connectivity index (χ1n) is 6.31. The molecule has 1 aromatic rings. The number of benzene rings is 1. The summed E-state index contributed by atoms with van der Waals surface area (Å²) in [5, 5.41) is 9.03. The van der Waals surface area contributed by atoms with Crippen molar-refractivity contribution in [3.05, 3.63) is 27.7 Å². The van der Waals surface area contributed by atoms with Crippen molar-refractivity contribution in [1.82, 2.24) is 4.72 Å². The van der Waals surface area contributed by atoms with Gasteiger partial charge in [-0.05, 0) is 65.4 Å². The van der Waals surface area contributed by atoms with Crippen molar-refractivity contribution in [3.63, 3.8) is 0 Å². The molecule has 0 amide bonds. The number of hydrogen-bond acceptors (Lipinski definition) is 4. The van der Waals surface area contributed by atoms with E-state index in [1.807, 2.05) is 6.26 Å². The first kappa shape index (κ1) is 18.5. The van der Waals surface area contributed by atoms with Crippen molar-refractivity contribution in [1.29, 1.82) is 0 Å². The summed E-state index contributed by atoms with van der Waals surface area (Å²) in [5.74, 6) is -0.166. The van der Waals surface area contributed by atoms with Gasteiger partial charge >= 0.3 is 5.97 Å². The summed E-state index contributed by atoms with van der Waals surface area (Å²) >= 11 is 4.93. The molecule has 8 heteroatoms. The molecule has 0 atom stereocenters. The normalized spacial score (nSPS) is 11.6. The highest BCUT2D eigenvalue weighted by molar-refractivity contribution is 9.10. The van der Waals surface area contributed by atoms with Crippen molar-refractivity contribution in [2.24, 2.45) is 0 Å². The van der Waals surface area contributed by atoms with Gasteiger partial charge in [0.15, 0.2) is 0 Å². The second kappa shape index (κ2) is 8.17. The maximum atomic E-state index is 12.3. The predicted molar refractivity (Wildman–Crippen MR) is 88.6 cm³/mol. The maximum Gasteiger partial charge on any atom is 0.335 e. The Kier molecular flexibility index (Phi) is 7.19. The molecule has 21 heavy (non-hydrogen) atoms. The van der Waals surface area contributed by atoms with Gasteiger partial charge in [0.25, 0.3) is 0 Å². The first-order valence-corrected chi connectivity index (χ1v) is 9.98. The number of aryl methyl sites for hydroxylation is 1. The number of nitrogens with one attached hydrogen (secondary N) is 1. The summed E-state index contributed by atoms with van der Waals surface area (Å²) in [5.41, 5.74) is 0.524. The van der Waals surface area contributed by atoms with Gasteiger partial charge in [-0.1, -0.05) is 0 Å². The fourth-order valence-electron chi connectivity index (χ4n) is 1.71. The van der Waals surface area contributed by atoms with Crippen LogP contribution in [0.1, 0.15) is 28.8 Å². The molecule has 1 rings (SSSR count). The molecular formula is C13H18BrNO4S2. The molecule has 0 aromatic heterocycles. The minimum absolute atomic E-state index is 0.0373. The van der Waals surface area contributed by atoms with E-state index in [1.54, 1.807) is 18.7 Å². The molecule has 0 unspecified atom stereocenters. The van der Waals surface area contributed by atoms with Gasteiger partial charge in [-0.2, -0.15) is 11.8 Å². The maximum absolute atomic E-state index is 12.3. The Bertz CT molecular complexity index is 617. The van der Waals surface area contributed by atoms with Crippen LogP contribution in [0.15, 0.2) is 21.5 Å². The molecule has 0 radical (unpaired) electrons. The summed E-state index contributed by atoms with van der Waals surface area (Å²) in [6, 6.07) is 2.60. The van der Waals surface area contributed by atoms with Gasteiger partial charge in [0.2, 0.25) is 10.0 Å². The zero-order valence-electron chi connectivity index (χ0n) is 11.8. The zero-order valence-corrected chi connectivity index (χ0v) is 15.1. The van der Waals surface area contributed by atoms with Crippen molar-refractivity contribution >= 4 is 43.7 Å². The average Bonchev–Trinajstić information content (AvgIpc) is 2.40. The molecular weight excluding hydrogens is 378 g/mol. The highest BCUT2D eigenvalue weighted by Gasteiger charge is 2.21. The lowest BCUT2D eigenvalue weighted by atomic mass is 10.1. The molecule has 0 saturated heterocycles. The van der Waals surface area contributed by atoms with Gasteiger partial charge in [-0.3, -0.25) is 0 Å². The fourth-order valence-corrected chi connectivity index (χ4v) is 4.32. The number of aromatic carboxylic acids is 1. The molecule has 0 heterocycles. The Labute approximate surface area is 137 Å². The number of halogens is 1. The standard InChI is InChI=1S/C13H18BrNO4S2/c1-9-7-10(13(16)17)8-11(12(9)14)21(18,19)15-5-3-4-6-20-2/h7-8,15H,3-6H2,1-2H3,(H,16,17). The van der Waals surface area contributed by atoms with Gasteiger partial charge in [0.05, 0.1) is 10.5 Å². The van der Waals surface area contributed by atoms with Gasteiger partial charge in [-0.25, -0.2) is 17.9 Å². The smallest absolute Gasteiger partial charge is 0.335 e. The van der Waals surface area contributed by atoms with Crippen LogP contribution >= 0.6 is 27.7 Å². The number of unbranched alkanes of at least 4 members (excludes halogenated alkanes) is 1. The summed E-state index contributed by atoms with van der Waals surface area (Å²) in [6.07, 6.45) is 3.68. The minimum Gasteiger partial charge on any atom is -0.478 e. The fraction of sp³-hybridized carbons (Fsp3) is 0.462. The van der Waals surface area contributed by atoms with Crippen LogP contribution in [0, 0.1) is 6.92 Å². The third-order valence-corrected chi connectivity index (χ3v) is 6.32. The molecule has 0 aliphatic carbocycles. The van der Waals surface area contributed by atoms with Crippen LogP contribution in [-0.2, 0) is 10.0 Å². The van der Waals surface area contributed by atoms with Crippen LogP contribution in [0.5, 0.6) is 0 Å². The predicted octanol–water partition coefficient (Wildman–Crippen LogP) is 2.88. The lowest BCUT2D eigenvalue weighted by Gasteiger charge is -2.11. The topological polar surface area (TPSA) is 83.5 Å². The third kappa shape index (κ3) is 5.28. The van der Waals surface area contributed by atoms with E-state index in [9.17, 15) is 13.2 Å². The number of carboxylic acids is 1. The number of carbonyl (C=O) groups is 1. The van der Waals surface area contributed by atoms with Crippen LogP contribution in [0.2, 0.25) is 0 Å². The molecule has 5 nitrogen and oxygen atoms in total. The number of sulfonamides is 1. The van der Waals surface area contributed by atoms with Crippen LogP contribution < -0.4 is 4.72 Å². The average molecular weight is 396 g/mol. The number of thioether (sulfide) groups is 1. The molecule has 0 aliphatic heterocycles. The molecule has 0 aliphatic rings. The number of carboxylic acid groups (broad SMARTS) is 1. The van der Waals surface area contributed by atoms with Crippen molar-refractivity contribution in [3.8, 4) is 0 Å². The van der Waals surface area contributed by atoms with Gasteiger partial charge in [0, 0.05) is 11.0 Å². The SMILES string of the molecule is CSCCCCNS(=O)(=O)c1cc(C(=O)O)cc(C)c1Br. The molecule has 0 spiro atoms. The van der Waals surface area contributed by atoms with E-state index in [1.165, 1.54) is 12.1 Å². The molecule has 0 bridgehead atoms. The zero-order chi connectivity index (χ0) is 16.0. The summed E-state index contributed by atoms with van der Waals surface area (Å²) in [6.45, 7) is 2.00. The quantitative estimate of drug-likeness (QED) is 0.661. The Balaban J connectivity index is 2.94. The van der Waals surface area contributed by atoms with Gasteiger partial charge in [0.1, 0.15) is 0 Å². The van der Waals surface area contributed by atoms with Gasteiger partial charge < -0.3 is 5.11 Å². The van der Waals surface area contributed by atoms with Crippen LogP contribution in [0.4, 0.5) is 0 Å². The second-order valence-corrected chi connectivity index (χ2v) is 8.02. The molecule has 0 saturated carbocycles. The first-order chi connectivity index (χ1) is 9.79. The van der Waals surface area contributed by atoms with Crippen molar-refractivity contribution in [2.45, 2.75) is 24.7 Å². The van der Waals surface area contributed by atoms with E-state index >= 15 is 0 Å². The van der Waals surface area contributed by atoms with Crippen LogP contribution in [0.25, 0.3) is 0 Å². The second-order valence-electron chi connectivity index (χ2n) is 4.51. The van der Waals surface area contributed by atoms with E-state index in [0.29, 0.717) is 16.6 Å². The van der Waals surface area contributed by atoms with Crippen molar-refractivity contribution in [2.75, 3.05) is 18.6 Å². The Hall–Kier alpha value is -0.570. The largest absolute Gasteiger partial charge is 0.478 e. The van der Waals surface area contributed by atoms with Crippen LogP contribution in [0.3, 0.4) is 0 Å². The molecule has 1 aromatic carbocycles. The highest BCUT2D eigenvalue weighted by Crippen LogP contribution is 2.27. The monoisotopic (exact) mass is 395 g/mol.